The van der Waals surface area contributed by atoms with Gasteiger partial charge >= 0.3 is 0 Å². The van der Waals surface area contributed by atoms with Gasteiger partial charge < -0.3 is 16.0 Å². The maximum atomic E-state index is 15.0. The van der Waals surface area contributed by atoms with Crippen LogP contribution in [-0.4, -0.2) is 27.3 Å². The molecule has 2 aromatic heterocycles. The first-order valence-electron chi connectivity index (χ1n) is 10.3. The molecule has 2 bridgehead atoms. The van der Waals surface area contributed by atoms with E-state index in [0.717, 1.165) is 30.2 Å². The molecule has 0 radical (unpaired) electrons. The van der Waals surface area contributed by atoms with Crippen LogP contribution in [0.2, 0.25) is 0 Å². The maximum absolute atomic E-state index is 15.0. The molecule has 2 heterocycles. The number of benzene rings is 1. The number of carbonyl (C=O) groups excluding carboxylic acids is 2. The maximum Gasteiger partial charge on any atom is 0.251 e. The molecule has 3 aliphatic rings. The van der Waals surface area contributed by atoms with E-state index in [-0.39, 0.29) is 22.9 Å². The minimum atomic E-state index is -0.485. The molecule has 0 spiro atoms. The number of rotatable bonds is 4. The molecule has 3 aromatic rings. The van der Waals surface area contributed by atoms with Crippen LogP contribution in [0.4, 0.5) is 4.39 Å². The Bertz CT molecular complexity index is 1140. The third-order valence-corrected chi connectivity index (χ3v) is 7.11. The van der Waals surface area contributed by atoms with Gasteiger partial charge in [0.25, 0.3) is 5.91 Å². The van der Waals surface area contributed by atoms with E-state index in [1.54, 1.807) is 24.5 Å². The van der Waals surface area contributed by atoms with E-state index in [1.165, 1.54) is 6.07 Å². The van der Waals surface area contributed by atoms with Crippen LogP contribution >= 0.6 is 0 Å². The van der Waals surface area contributed by atoms with Crippen molar-refractivity contribution in [3.63, 3.8) is 0 Å². The summed E-state index contributed by atoms with van der Waals surface area (Å²) in [5.41, 5.74) is 6.92. The first kappa shape index (κ1) is 18.8. The van der Waals surface area contributed by atoms with Crippen LogP contribution in [0.5, 0.6) is 0 Å². The Morgan fingerprint density at radius 3 is 2.47 bits per heavy atom. The average molecular weight is 406 g/mol. The molecule has 2 amide bonds. The van der Waals surface area contributed by atoms with Crippen molar-refractivity contribution in [2.45, 2.75) is 44.1 Å². The molecule has 0 saturated heterocycles. The van der Waals surface area contributed by atoms with Gasteiger partial charge in [-0.15, -0.1) is 0 Å². The number of aromatic nitrogens is 2. The fraction of sp³-hybridized carbons (Fsp3) is 0.348. The summed E-state index contributed by atoms with van der Waals surface area (Å²) in [6.07, 6.45) is 7.68. The molecular weight excluding hydrogens is 383 g/mol. The van der Waals surface area contributed by atoms with Gasteiger partial charge in [0.1, 0.15) is 5.82 Å². The van der Waals surface area contributed by atoms with Crippen LogP contribution in [0, 0.1) is 11.2 Å². The van der Waals surface area contributed by atoms with Crippen LogP contribution in [0.3, 0.4) is 0 Å². The number of aromatic amines is 1. The minimum Gasteiger partial charge on any atom is -0.369 e. The topological polar surface area (TPSA) is 101 Å². The summed E-state index contributed by atoms with van der Waals surface area (Å²) in [4.78, 5) is 32.1. The van der Waals surface area contributed by atoms with E-state index >= 15 is 0 Å². The number of pyridine rings is 1. The molecule has 154 valence electrons. The van der Waals surface area contributed by atoms with Crippen molar-refractivity contribution in [1.82, 2.24) is 15.3 Å². The SMILES string of the molecule is NC(=O)C12CCC(NC(=O)c3ccc(-c4nccc5[nH]ccc45)c(F)c3)(CC1)CC2. The van der Waals surface area contributed by atoms with Crippen LogP contribution < -0.4 is 11.1 Å². The van der Waals surface area contributed by atoms with Crippen molar-refractivity contribution >= 4 is 22.7 Å². The second-order valence-corrected chi connectivity index (χ2v) is 8.67. The Labute approximate surface area is 173 Å². The fourth-order valence-corrected chi connectivity index (χ4v) is 5.10. The first-order valence-corrected chi connectivity index (χ1v) is 10.3. The highest BCUT2D eigenvalue weighted by atomic mass is 19.1. The minimum absolute atomic E-state index is 0.231. The van der Waals surface area contributed by atoms with E-state index in [9.17, 15) is 14.0 Å². The lowest BCUT2D eigenvalue weighted by atomic mass is 9.57. The molecule has 4 N–H and O–H groups in total. The number of halogens is 1. The zero-order valence-corrected chi connectivity index (χ0v) is 16.5. The molecule has 7 heteroatoms. The number of nitrogens with zero attached hydrogens (tertiary/aromatic N) is 1. The summed E-state index contributed by atoms with van der Waals surface area (Å²) in [6.45, 7) is 0. The highest BCUT2D eigenvalue weighted by Gasteiger charge is 2.52. The van der Waals surface area contributed by atoms with E-state index in [2.05, 4.69) is 15.3 Å². The zero-order valence-electron chi connectivity index (χ0n) is 16.5. The van der Waals surface area contributed by atoms with E-state index in [1.807, 2.05) is 12.1 Å². The van der Waals surface area contributed by atoms with Crippen molar-refractivity contribution in [3.05, 3.63) is 54.1 Å². The predicted octanol–water partition coefficient (Wildman–Crippen LogP) is 3.68. The number of amides is 2. The van der Waals surface area contributed by atoms with Crippen LogP contribution in [0.1, 0.15) is 48.9 Å². The van der Waals surface area contributed by atoms with Gasteiger partial charge in [0, 0.05) is 45.4 Å². The summed E-state index contributed by atoms with van der Waals surface area (Å²) in [5, 5.41) is 3.95. The largest absolute Gasteiger partial charge is 0.369 e. The molecule has 0 aliphatic heterocycles. The molecule has 6 rings (SSSR count). The lowest BCUT2D eigenvalue weighted by Gasteiger charge is -2.52. The lowest BCUT2D eigenvalue weighted by Crippen LogP contribution is -2.59. The van der Waals surface area contributed by atoms with Crippen LogP contribution in [0.15, 0.2) is 42.7 Å². The Morgan fingerprint density at radius 1 is 1.07 bits per heavy atom. The number of fused-ring (bicyclic) bond motifs is 4. The smallest absolute Gasteiger partial charge is 0.251 e. The highest BCUT2D eigenvalue weighted by Crippen LogP contribution is 2.52. The van der Waals surface area contributed by atoms with Gasteiger partial charge in [0.15, 0.2) is 0 Å². The van der Waals surface area contributed by atoms with Gasteiger partial charge in [-0.25, -0.2) is 4.39 Å². The number of primary amides is 1. The quantitative estimate of drug-likeness (QED) is 0.616. The highest BCUT2D eigenvalue weighted by molar-refractivity contribution is 5.97. The predicted molar refractivity (Wildman–Crippen MR) is 111 cm³/mol. The van der Waals surface area contributed by atoms with Crippen molar-refractivity contribution in [1.29, 1.82) is 0 Å². The molecule has 3 aliphatic carbocycles. The summed E-state index contributed by atoms with van der Waals surface area (Å²) >= 11 is 0. The number of nitrogens with two attached hydrogens (primary N) is 1. The van der Waals surface area contributed by atoms with E-state index < -0.39 is 11.2 Å². The number of carbonyl (C=O) groups is 2. The Hall–Kier alpha value is -3.22. The molecule has 3 fully saturated rings. The average Bonchev–Trinajstić information content (AvgIpc) is 3.24. The third kappa shape index (κ3) is 2.88. The van der Waals surface area contributed by atoms with Crippen molar-refractivity contribution in [2.75, 3.05) is 0 Å². The Kier molecular flexibility index (Phi) is 4.17. The Morgan fingerprint density at radius 2 is 1.80 bits per heavy atom. The lowest BCUT2D eigenvalue weighted by molar-refractivity contribution is -0.134. The number of H-pyrrole nitrogens is 1. The van der Waals surface area contributed by atoms with Gasteiger partial charge in [-0.3, -0.25) is 14.6 Å². The normalized spacial score (nSPS) is 25.4. The molecular formula is C23H23FN4O2. The van der Waals surface area contributed by atoms with Crippen molar-refractivity contribution in [3.8, 4) is 11.3 Å². The molecule has 6 nitrogen and oxygen atoms in total. The molecule has 0 atom stereocenters. The van der Waals surface area contributed by atoms with Gasteiger partial charge in [-0.1, -0.05) is 0 Å². The third-order valence-electron chi connectivity index (χ3n) is 7.11. The van der Waals surface area contributed by atoms with Crippen molar-refractivity contribution < 1.29 is 14.0 Å². The van der Waals surface area contributed by atoms with E-state index in [4.69, 9.17) is 5.73 Å². The number of nitrogens with one attached hydrogen (secondary N) is 2. The summed E-state index contributed by atoms with van der Waals surface area (Å²) in [5.74, 6) is -1.01. The van der Waals surface area contributed by atoms with Crippen LogP contribution in [-0.2, 0) is 4.79 Å². The number of hydrogen-bond acceptors (Lipinski definition) is 3. The van der Waals surface area contributed by atoms with Gasteiger partial charge in [-0.05, 0) is 68.9 Å². The van der Waals surface area contributed by atoms with Gasteiger partial charge in [0.2, 0.25) is 5.91 Å². The molecule has 3 saturated carbocycles. The second kappa shape index (κ2) is 6.65. The molecule has 0 unspecified atom stereocenters. The fourth-order valence-electron chi connectivity index (χ4n) is 5.10. The summed E-state index contributed by atoms with van der Waals surface area (Å²) in [7, 11) is 0. The van der Waals surface area contributed by atoms with Crippen molar-refractivity contribution in [2.24, 2.45) is 11.1 Å². The van der Waals surface area contributed by atoms with Gasteiger partial charge in [0.05, 0.1) is 5.69 Å². The van der Waals surface area contributed by atoms with Crippen LogP contribution in [0.25, 0.3) is 22.2 Å². The van der Waals surface area contributed by atoms with Gasteiger partial charge in [-0.2, -0.15) is 0 Å². The molecule has 30 heavy (non-hydrogen) atoms. The monoisotopic (exact) mass is 406 g/mol. The Balaban J connectivity index is 1.37. The second-order valence-electron chi connectivity index (χ2n) is 8.67. The number of hydrogen-bond donors (Lipinski definition) is 3. The first-order chi connectivity index (χ1) is 14.4. The standard InChI is InChI=1S/C23H23FN4O2/c24-17-13-14(1-2-15(17)19-16-3-11-26-18(16)4-12-27-19)20(29)28-23-8-5-22(6-9-23,7-10-23)21(25)30/h1-4,11-13,26H,5-10H2,(H2,25,30)(H,28,29). The van der Waals surface area contributed by atoms with E-state index in [0.29, 0.717) is 30.5 Å². The summed E-state index contributed by atoms with van der Waals surface area (Å²) in [6, 6.07) is 8.20. The zero-order chi connectivity index (χ0) is 20.9. The summed E-state index contributed by atoms with van der Waals surface area (Å²) < 4.78 is 15.0. The molecule has 1 aromatic carbocycles.